The fourth-order valence-corrected chi connectivity index (χ4v) is 4.49. The van der Waals surface area contributed by atoms with E-state index in [1.807, 2.05) is 6.92 Å². The molecule has 0 amide bonds. The van der Waals surface area contributed by atoms with Crippen LogP contribution < -0.4 is 10.0 Å². The minimum atomic E-state index is -3.54. The first-order valence-electron chi connectivity index (χ1n) is 7.29. The first kappa shape index (κ1) is 17.0. The predicted octanol–water partition coefficient (Wildman–Crippen LogP) is 2.87. The summed E-state index contributed by atoms with van der Waals surface area (Å²) in [4.78, 5) is 0.176. The van der Waals surface area contributed by atoms with E-state index in [0.29, 0.717) is 24.8 Å². The minimum absolute atomic E-state index is 0.135. The van der Waals surface area contributed by atoms with Crippen molar-refractivity contribution in [2.24, 2.45) is 11.3 Å². The van der Waals surface area contributed by atoms with Crippen molar-refractivity contribution in [3.05, 3.63) is 16.5 Å². The van der Waals surface area contributed by atoms with Crippen molar-refractivity contribution in [1.82, 2.24) is 10.0 Å². The minimum Gasteiger partial charge on any atom is -0.452 e. The van der Waals surface area contributed by atoms with E-state index in [2.05, 4.69) is 39.8 Å². The maximum atomic E-state index is 12.4. The number of hydrogen-bond acceptors (Lipinski definition) is 4. The van der Waals surface area contributed by atoms with Gasteiger partial charge in [0.15, 0.2) is 4.67 Å². The van der Waals surface area contributed by atoms with Crippen molar-refractivity contribution in [1.29, 1.82) is 0 Å². The quantitative estimate of drug-likeness (QED) is 0.729. The van der Waals surface area contributed by atoms with Gasteiger partial charge in [-0.3, -0.25) is 0 Å². The van der Waals surface area contributed by atoms with Gasteiger partial charge in [0.2, 0.25) is 10.0 Å². The highest BCUT2D eigenvalue weighted by Gasteiger charge is 2.45. The van der Waals surface area contributed by atoms with Gasteiger partial charge < -0.3 is 9.73 Å². The molecule has 1 fully saturated rings. The largest absolute Gasteiger partial charge is 0.452 e. The Kier molecular flexibility index (Phi) is 5.18. The molecule has 0 unspecified atom stereocenters. The lowest BCUT2D eigenvalue weighted by atomic mass is 9.93. The van der Waals surface area contributed by atoms with Gasteiger partial charge in [-0.05, 0) is 46.6 Å². The summed E-state index contributed by atoms with van der Waals surface area (Å²) in [6, 6.07) is 1.57. The lowest BCUT2D eigenvalue weighted by Gasteiger charge is -2.19. The summed E-state index contributed by atoms with van der Waals surface area (Å²) < 4.78 is 33.3. The third kappa shape index (κ3) is 3.88. The molecule has 2 rings (SSSR count). The summed E-state index contributed by atoms with van der Waals surface area (Å²) in [6.45, 7) is 8.08. The Bertz CT molecular complexity index is 591. The number of rotatable bonds is 8. The van der Waals surface area contributed by atoms with Crippen molar-refractivity contribution in [2.75, 3.05) is 13.1 Å². The van der Waals surface area contributed by atoms with Gasteiger partial charge in [-0.25, -0.2) is 13.1 Å². The molecule has 1 aromatic heterocycles. The fraction of sp³-hybridized carbons (Fsp3) is 0.714. The summed E-state index contributed by atoms with van der Waals surface area (Å²) in [5.41, 5.74) is 0.135. The lowest BCUT2D eigenvalue weighted by molar-refractivity contribution is 0.357. The number of sulfonamides is 1. The summed E-state index contributed by atoms with van der Waals surface area (Å²) >= 11 is 3.20. The molecule has 0 aromatic carbocycles. The molecule has 0 radical (unpaired) electrons. The molecule has 2 N–H and O–H groups in total. The van der Waals surface area contributed by atoms with Crippen LogP contribution >= 0.6 is 15.9 Å². The average molecular weight is 379 g/mol. The lowest BCUT2D eigenvalue weighted by Crippen LogP contribution is -2.32. The van der Waals surface area contributed by atoms with Crippen LogP contribution in [0.2, 0.25) is 0 Å². The van der Waals surface area contributed by atoms with Crippen LogP contribution in [0.5, 0.6) is 0 Å². The van der Waals surface area contributed by atoms with Crippen LogP contribution in [-0.2, 0) is 16.6 Å². The second kappa shape index (κ2) is 6.40. The third-order valence-corrected chi connectivity index (χ3v) is 6.53. The van der Waals surface area contributed by atoms with Gasteiger partial charge in [-0.2, -0.15) is 0 Å². The van der Waals surface area contributed by atoms with Crippen molar-refractivity contribution in [2.45, 2.75) is 45.1 Å². The van der Waals surface area contributed by atoms with Crippen molar-refractivity contribution in [3.63, 3.8) is 0 Å². The molecule has 1 heterocycles. The van der Waals surface area contributed by atoms with Gasteiger partial charge in [0.25, 0.3) is 0 Å². The first-order valence-corrected chi connectivity index (χ1v) is 9.57. The van der Waals surface area contributed by atoms with Gasteiger partial charge in [0, 0.05) is 12.6 Å². The molecule has 0 spiro atoms. The molecule has 120 valence electrons. The SMILES string of the molecule is CCNCc1cc(S(=O)(=O)NCC2(C(C)C)CC2)c(Br)o1. The Morgan fingerprint density at radius 3 is 2.62 bits per heavy atom. The van der Waals surface area contributed by atoms with Gasteiger partial charge in [-0.1, -0.05) is 20.8 Å². The van der Waals surface area contributed by atoms with E-state index >= 15 is 0 Å². The molecule has 7 heteroatoms. The fourth-order valence-electron chi connectivity index (χ4n) is 2.35. The van der Waals surface area contributed by atoms with E-state index in [1.54, 1.807) is 6.07 Å². The van der Waals surface area contributed by atoms with Crippen LogP contribution in [-0.4, -0.2) is 21.5 Å². The van der Waals surface area contributed by atoms with Crippen LogP contribution in [0, 0.1) is 11.3 Å². The number of hydrogen-bond donors (Lipinski definition) is 2. The van der Waals surface area contributed by atoms with Crippen LogP contribution in [0.1, 0.15) is 39.4 Å². The monoisotopic (exact) mass is 378 g/mol. The van der Waals surface area contributed by atoms with Gasteiger partial charge in [0.1, 0.15) is 10.7 Å². The van der Waals surface area contributed by atoms with Crippen molar-refractivity contribution < 1.29 is 12.8 Å². The normalized spacial score (nSPS) is 17.4. The molecule has 1 aliphatic rings. The maximum Gasteiger partial charge on any atom is 0.244 e. The molecule has 1 aliphatic carbocycles. The van der Waals surface area contributed by atoms with E-state index < -0.39 is 10.0 Å². The summed E-state index contributed by atoms with van der Waals surface area (Å²) in [6.07, 6.45) is 2.18. The Morgan fingerprint density at radius 1 is 1.43 bits per heavy atom. The second-order valence-electron chi connectivity index (χ2n) is 5.97. The maximum absolute atomic E-state index is 12.4. The molecular formula is C14H23BrN2O3S. The van der Waals surface area contributed by atoms with E-state index in [4.69, 9.17) is 4.42 Å². The summed E-state index contributed by atoms with van der Waals surface area (Å²) in [7, 11) is -3.54. The summed E-state index contributed by atoms with van der Waals surface area (Å²) in [5, 5.41) is 3.11. The average Bonchev–Trinajstić information content (AvgIpc) is 3.12. The van der Waals surface area contributed by atoms with Gasteiger partial charge >= 0.3 is 0 Å². The third-order valence-electron chi connectivity index (χ3n) is 4.28. The molecule has 1 saturated carbocycles. The Hall–Kier alpha value is -0.370. The Morgan fingerprint density at radius 2 is 2.10 bits per heavy atom. The topological polar surface area (TPSA) is 71.3 Å². The Balaban J connectivity index is 2.07. The Labute approximate surface area is 135 Å². The molecule has 0 saturated heterocycles. The predicted molar refractivity (Wildman–Crippen MR) is 85.5 cm³/mol. The number of furan rings is 1. The zero-order chi connectivity index (χ0) is 15.7. The highest BCUT2D eigenvalue weighted by atomic mass is 79.9. The summed E-state index contributed by atoms with van der Waals surface area (Å²) in [5.74, 6) is 1.09. The standard InChI is InChI=1S/C14H23BrN2O3S/c1-4-16-8-11-7-12(13(15)20-11)21(18,19)17-9-14(5-6-14)10(2)3/h7,10,16-17H,4-6,8-9H2,1-3H3. The van der Waals surface area contributed by atoms with Crippen LogP contribution in [0.25, 0.3) is 0 Å². The van der Waals surface area contributed by atoms with E-state index in [1.165, 1.54) is 0 Å². The van der Waals surface area contributed by atoms with E-state index in [-0.39, 0.29) is 15.0 Å². The molecule has 0 aliphatic heterocycles. The van der Waals surface area contributed by atoms with Crippen molar-refractivity contribution in [3.8, 4) is 0 Å². The smallest absolute Gasteiger partial charge is 0.244 e. The molecular weight excluding hydrogens is 356 g/mol. The molecule has 0 bridgehead atoms. The van der Waals surface area contributed by atoms with Crippen molar-refractivity contribution >= 4 is 26.0 Å². The molecule has 1 aromatic rings. The highest BCUT2D eigenvalue weighted by molar-refractivity contribution is 9.10. The molecule has 21 heavy (non-hydrogen) atoms. The second-order valence-corrected chi connectivity index (χ2v) is 8.43. The highest BCUT2D eigenvalue weighted by Crippen LogP contribution is 2.51. The molecule has 0 atom stereocenters. The number of nitrogens with one attached hydrogen (secondary N) is 2. The van der Waals surface area contributed by atoms with Crippen LogP contribution in [0.15, 0.2) is 20.0 Å². The van der Waals surface area contributed by atoms with E-state index in [0.717, 1.165) is 19.4 Å². The number of halogens is 1. The zero-order valence-corrected chi connectivity index (χ0v) is 15.1. The van der Waals surface area contributed by atoms with E-state index in [9.17, 15) is 8.42 Å². The van der Waals surface area contributed by atoms with Crippen LogP contribution in [0.4, 0.5) is 0 Å². The molecule has 5 nitrogen and oxygen atoms in total. The first-order chi connectivity index (χ1) is 9.81. The van der Waals surface area contributed by atoms with Gasteiger partial charge in [-0.15, -0.1) is 0 Å². The van der Waals surface area contributed by atoms with Gasteiger partial charge in [0.05, 0.1) is 6.54 Å². The zero-order valence-electron chi connectivity index (χ0n) is 12.7. The van der Waals surface area contributed by atoms with Crippen LogP contribution in [0.3, 0.4) is 0 Å².